The first-order valence-electron chi connectivity index (χ1n) is 8.68. The maximum atomic E-state index is 11.2. The summed E-state index contributed by atoms with van der Waals surface area (Å²) in [6.45, 7) is 6.07. The lowest BCUT2D eigenvalue weighted by Crippen LogP contribution is -2.54. The maximum absolute atomic E-state index is 11.2. The average molecular weight is 379 g/mol. The Labute approximate surface area is 160 Å². The van der Waals surface area contributed by atoms with E-state index < -0.39 is 6.10 Å². The highest BCUT2D eigenvalue weighted by Crippen LogP contribution is 2.42. The molecule has 3 aliphatic rings. The molecule has 0 amide bonds. The van der Waals surface area contributed by atoms with Gasteiger partial charge in [0.05, 0.1) is 18.7 Å². The van der Waals surface area contributed by atoms with Gasteiger partial charge in [-0.3, -0.25) is 9.88 Å². The quantitative estimate of drug-likeness (QED) is 0.830. The van der Waals surface area contributed by atoms with Gasteiger partial charge in [-0.25, -0.2) is 0 Å². The van der Waals surface area contributed by atoms with Gasteiger partial charge in [0.15, 0.2) is 0 Å². The minimum absolute atomic E-state index is 0. The highest BCUT2D eigenvalue weighted by atomic mass is 35.5. The van der Waals surface area contributed by atoms with Gasteiger partial charge in [-0.05, 0) is 61.1 Å². The molecule has 0 spiro atoms. The molecule has 5 unspecified atom stereocenters. The van der Waals surface area contributed by atoms with Crippen molar-refractivity contribution in [3.63, 3.8) is 0 Å². The molecule has 5 nitrogen and oxygen atoms in total. The van der Waals surface area contributed by atoms with Crippen LogP contribution in [0.5, 0.6) is 5.75 Å². The van der Waals surface area contributed by atoms with E-state index in [0.29, 0.717) is 11.8 Å². The van der Waals surface area contributed by atoms with Crippen LogP contribution in [-0.2, 0) is 0 Å². The Kier molecular flexibility index (Phi) is 6.64. The number of ether oxygens (including phenoxy) is 1. The highest BCUT2D eigenvalue weighted by Gasteiger charge is 2.42. The molecule has 0 radical (unpaired) electrons. The number of aromatic nitrogens is 1. The molecular weight excluding hydrogens is 352 g/mol. The van der Waals surface area contributed by atoms with Crippen molar-refractivity contribution in [2.75, 3.05) is 20.2 Å². The number of aliphatic hydroxyl groups excluding tert-OH is 1. The number of piperidine rings is 3. The van der Waals surface area contributed by atoms with E-state index in [2.05, 4.69) is 22.5 Å². The van der Waals surface area contributed by atoms with Crippen molar-refractivity contribution in [1.82, 2.24) is 9.88 Å². The molecule has 0 saturated carbocycles. The number of nitrogens with zero attached hydrogens (tertiary/aromatic N) is 2. The number of methoxy groups -OCH3 is 1. The van der Waals surface area contributed by atoms with Crippen molar-refractivity contribution in [1.29, 1.82) is 0 Å². The van der Waals surface area contributed by atoms with Crippen LogP contribution in [0.3, 0.4) is 0 Å². The van der Waals surface area contributed by atoms with E-state index in [4.69, 9.17) is 4.74 Å². The minimum atomic E-state index is -0.504. The van der Waals surface area contributed by atoms with Crippen molar-refractivity contribution < 1.29 is 15.3 Å². The fraction of sp³-hybridized carbons (Fsp3) is 0.450. The second-order valence-electron chi connectivity index (χ2n) is 6.97. The molecule has 2 bridgehead atoms. The van der Waals surface area contributed by atoms with Crippen molar-refractivity contribution in [3.05, 3.63) is 48.7 Å². The molecule has 2 aromatic rings. The van der Waals surface area contributed by atoms with Crippen LogP contribution in [0.25, 0.3) is 10.9 Å². The second kappa shape index (κ2) is 8.35. The second-order valence-corrected chi connectivity index (χ2v) is 6.97. The van der Waals surface area contributed by atoms with Gasteiger partial charge in [0, 0.05) is 24.2 Å². The van der Waals surface area contributed by atoms with E-state index in [1.165, 1.54) is 6.42 Å². The molecule has 4 heterocycles. The van der Waals surface area contributed by atoms with Gasteiger partial charge in [0.1, 0.15) is 5.75 Å². The molecule has 3 aliphatic heterocycles. The van der Waals surface area contributed by atoms with Crippen LogP contribution in [-0.4, -0.2) is 46.7 Å². The summed E-state index contributed by atoms with van der Waals surface area (Å²) in [6.07, 6.45) is 5.62. The molecule has 142 valence electrons. The zero-order valence-electron chi connectivity index (χ0n) is 15.0. The fourth-order valence-electron chi connectivity index (χ4n) is 4.44. The fourth-order valence-corrected chi connectivity index (χ4v) is 4.44. The van der Waals surface area contributed by atoms with E-state index in [0.717, 1.165) is 41.7 Å². The van der Waals surface area contributed by atoms with E-state index >= 15 is 0 Å². The smallest absolute Gasteiger partial charge is 0.119 e. The Balaban J connectivity index is 0.00000121. The van der Waals surface area contributed by atoms with Gasteiger partial charge < -0.3 is 15.3 Å². The Morgan fingerprint density at radius 3 is 2.85 bits per heavy atom. The Morgan fingerprint density at radius 1 is 1.38 bits per heavy atom. The summed E-state index contributed by atoms with van der Waals surface area (Å²) in [5, 5.41) is 12.1. The Morgan fingerprint density at radius 2 is 2.19 bits per heavy atom. The summed E-state index contributed by atoms with van der Waals surface area (Å²) in [5.74, 6) is 2.01. The standard InChI is InChI=1S/C20H24N2O2.ClH.H2O/c1-3-13-12-22-9-7-14(13)10-19(22)20(23)16-6-8-21-18-5-4-15(24-2)11-17(16)18;;/h3-6,8,11,13-14,19-20,23H,1,7,9-10,12H2,2H3;1H;1H2. The van der Waals surface area contributed by atoms with Gasteiger partial charge >= 0.3 is 0 Å². The molecule has 0 aliphatic carbocycles. The minimum Gasteiger partial charge on any atom is -0.497 e. The van der Waals surface area contributed by atoms with Gasteiger partial charge in [-0.15, -0.1) is 19.0 Å². The Bertz CT molecular complexity index is 770. The van der Waals surface area contributed by atoms with Crippen LogP contribution in [0.2, 0.25) is 0 Å². The third kappa shape index (κ3) is 3.45. The van der Waals surface area contributed by atoms with Crippen LogP contribution in [0.1, 0.15) is 24.5 Å². The predicted molar refractivity (Wildman–Crippen MR) is 106 cm³/mol. The number of hydrogen-bond acceptors (Lipinski definition) is 4. The lowest BCUT2D eigenvalue weighted by molar-refractivity contribution is -0.0444. The molecule has 3 saturated heterocycles. The lowest BCUT2D eigenvalue weighted by Gasteiger charge is -2.50. The first-order chi connectivity index (χ1) is 11.7. The van der Waals surface area contributed by atoms with Gasteiger partial charge in [0.25, 0.3) is 0 Å². The number of fused-ring (bicyclic) bond motifs is 4. The molecule has 6 heteroatoms. The molecule has 26 heavy (non-hydrogen) atoms. The molecule has 5 atom stereocenters. The maximum Gasteiger partial charge on any atom is 0.119 e. The first-order valence-corrected chi connectivity index (χ1v) is 8.68. The Hall–Kier alpha value is -1.66. The number of hydrogen-bond donors (Lipinski definition) is 1. The lowest BCUT2D eigenvalue weighted by atomic mass is 9.73. The van der Waals surface area contributed by atoms with Crippen LogP contribution >= 0.6 is 12.4 Å². The summed E-state index contributed by atoms with van der Waals surface area (Å²) in [4.78, 5) is 6.86. The van der Waals surface area contributed by atoms with E-state index in [1.807, 2.05) is 24.3 Å². The third-order valence-corrected chi connectivity index (χ3v) is 5.82. The summed E-state index contributed by atoms with van der Waals surface area (Å²) in [6, 6.07) is 7.96. The van der Waals surface area contributed by atoms with Crippen LogP contribution in [0, 0.1) is 11.8 Å². The van der Waals surface area contributed by atoms with Crippen LogP contribution in [0.15, 0.2) is 43.1 Å². The monoisotopic (exact) mass is 378 g/mol. The van der Waals surface area contributed by atoms with Crippen molar-refractivity contribution in [2.24, 2.45) is 11.8 Å². The summed E-state index contributed by atoms with van der Waals surface area (Å²) in [5.41, 5.74) is 1.85. The van der Waals surface area contributed by atoms with Gasteiger partial charge in [-0.1, -0.05) is 6.08 Å². The van der Waals surface area contributed by atoms with Crippen molar-refractivity contribution >= 4 is 23.3 Å². The summed E-state index contributed by atoms with van der Waals surface area (Å²) < 4.78 is 5.35. The van der Waals surface area contributed by atoms with Crippen molar-refractivity contribution in [3.8, 4) is 5.75 Å². The SMILES string of the molecule is C=CC1CN2CCC1CC2C(O)c1ccnc2ccc(OC)cc12.Cl.O. The molecule has 3 N–H and O–H groups in total. The normalized spacial score (nSPS) is 27.9. The topological polar surface area (TPSA) is 77.1 Å². The zero-order valence-corrected chi connectivity index (χ0v) is 15.8. The zero-order chi connectivity index (χ0) is 16.7. The summed E-state index contributed by atoms with van der Waals surface area (Å²) >= 11 is 0. The van der Waals surface area contributed by atoms with E-state index in [-0.39, 0.29) is 23.9 Å². The largest absolute Gasteiger partial charge is 0.497 e. The highest BCUT2D eigenvalue weighted by molar-refractivity contribution is 5.85. The molecule has 1 aromatic carbocycles. The molecular formula is C20H27ClN2O3. The van der Waals surface area contributed by atoms with E-state index in [1.54, 1.807) is 13.3 Å². The summed E-state index contributed by atoms with van der Waals surface area (Å²) in [7, 11) is 1.66. The predicted octanol–water partition coefficient (Wildman–Crippen LogP) is 2.77. The van der Waals surface area contributed by atoms with E-state index in [9.17, 15) is 5.11 Å². The van der Waals surface area contributed by atoms with Crippen molar-refractivity contribution in [2.45, 2.75) is 25.0 Å². The first kappa shape index (κ1) is 20.6. The number of aliphatic hydroxyl groups is 1. The molecule has 3 fully saturated rings. The van der Waals surface area contributed by atoms with Gasteiger partial charge in [0.2, 0.25) is 0 Å². The number of pyridine rings is 1. The van der Waals surface area contributed by atoms with Crippen LogP contribution < -0.4 is 4.74 Å². The number of rotatable bonds is 4. The number of halogens is 1. The third-order valence-electron chi connectivity index (χ3n) is 5.82. The molecule has 5 rings (SSSR count). The van der Waals surface area contributed by atoms with Gasteiger partial charge in [-0.2, -0.15) is 0 Å². The molecule has 1 aromatic heterocycles. The number of benzene rings is 1. The van der Waals surface area contributed by atoms with Crippen LogP contribution in [0.4, 0.5) is 0 Å². The average Bonchev–Trinajstić information content (AvgIpc) is 2.66.